The number of aromatic amines is 1. The number of nitrogens with zero attached hydrogens (tertiary/aromatic N) is 5. The van der Waals surface area contributed by atoms with E-state index < -0.39 is 0 Å². The maximum absolute atomic E-state index is 12.5. The fraction of sp³-hybridized carbons (Fsp3) is 0.294. The number of aromatic nitrogens is 4. The predicted octanol–water partition coefficient (Wildman–Crippen LogP) is 1.90. The van der Waals surface area contributed by atoms with Gasteiger partial charge in [0.25, 0.3) is 0 Å². The lowest BCUT2D eigenvalue weighted by atomic mass is 10.1. The van der Waals surface area contributed by atoms with Crippen LogP contribution in [-0.4, -0.2) is 56.9 Å². The molecule has 8 heteroatoms. The maximum atomic E-state index is 12.5. The van der Waals surface area contributed by atoms with E-state index in [4.69, 9.17) is 11.6 Å². The Balaban J connectivity index is 1.42. The van der Waals surface area contributed by atoms with E-state index in [1.54, 1.807) is 6.33 Å². The number of amides is 1. The highest BCUT2D eigenvalue weighted by atomic mass is 35.5. The Morgan fingerprint density at radius 3 is 2.72 bits per heavy atom. The van der Waals surface area contributed by atoms with Gasteiger partial charge in [-0.15, -0.1) is 0 Å². The van der Waals surface area contributed by atoms with E-state index in [2.05, 4.69) is 24.8 Å². The Morgan fingerprint density at radius 1 is 1.12 bits per heavy atom. The molecule has 1 fully saturated rings. The van der Waals surface area contributed by atoms with Gasteiger partial charge in [0.15, 0.2) is 11.5 Å². The van der Waals surface area contributed by atoms with Crippen molar-refractivity contribution in [1.29, 1.82) is 0 Å². The standard InChI is InChI=1S/C17H17ClN6O/c18-13-4-2-1-3-12(13)9-14(25)23-5-7-24(8-6-23)17-15-16(20-10-19-15)21-11-22-17/h1-4,10-11H,5-9H2,(H,19,20,21,22). The first-order chi connectivity index (χ1) is 12.2. The van der Waals surface area contributed by atoms with Crippen LogP contribution >= 0.6 is 11.6 Å². The topological polar surface area (TPSA) is 78.0 Å². The van der Waals surface area contributed by atoms with E-state index in [0.717, 1.165) is 30.0 Å². The second-order valence-electron chi connectivity index (χ2n) is 5.93. The molecule has 1 aliphatic heterocycles. The number of carbonyl (C=O) groups excluding carboxylic acids is 1. The fourth-order valence-corrected chi connectivity index (χ4v) is 3.28. The number of imidazole rings is 1. The molecule has 0 atom stereocenters. The van der Waals surface area contributed by atoms with E-state index in [9.17, 15) is 4.79 Å². The summed E-state index contributed by atoms with van der Waals surface area (Å²) in [5, 5.41) is 0.636. The molecule has 0 bridgehead atoms. The lowest BCUT2D eigenvalue weighted by molar-refractivity contribution is -0.130. The van der Waals surface area contributed by atoms with Gasteiger partial charge in [-0.1, -0.05) is 29.8 Å². The summed E-state index contributed by atoms with van der Waals surface area (Å²) in [6.07, 6.45) is 3.47. The summed E-state index contributed by atoms with van der Waals surface area (Å²) in [6.45, 7) is 2.75. The molecule has 7 nitrogen and oxygen atoms in total. The van der Waals surface area contributed by atoms with Gasteiger partial charge >= 0.3 is 0 Å². The molecule has 0 radical (unpaired) electrons. The zero-order valence-corrected chi connectivity index (χ0v) is 14.3. The lowest BCUT2D eigenvalue weighted by Crippen LogP contribution is -2.49. The quantitative estimate of drug-likeness (QED) is 0.775. The molecule has 0 aliphatic carbocycles. The van der Waals surface area contributed by atoms with Crippen molar-refractivity contribution in [3.05, 3.63) is 47.5 Å². The van der Waals surface area contributed by atoms with Gasteiger partial charge in [-0.2, -0.15) is 0 Å². The minimum absolute atomic E-state index is 0.0992. The Kier molecular flexibility index (Phi) is 4.23. The SMILES string of the molecule is O=C(Cc1ccccc1Cl)N1CCN(c2ncnc3nc[nH]c23)CC1. The van der Waals surface area contributed by atoms with Crippen molar-refractivity contribution in [3.63, 3.8) is 0 Å². The van der Waals surface area contributed by atoms with Gasteiger partial charge in [-0.3, -0.25) is 4.79 Å². The van der Waals surface area contributed by atoms with Gasteiger partial charge in [0.05, 0.1) is 12.7 Å². The molecule has 3 heterocycles. The molecule has 1 amide bonds. The molecule has 1 N–H and O–H groups in total. The zero-order chi connectivity index (χ0) is 17.2. The zero-order valence-electron chi connectivity index (χ0n) is 13.5. The molecule has 3 aromatic rings. The monoisotopic (exact) mass is 356 g/mol. The molecule has 1 saturated heterocycles. The highest BCUT2D eigenvalue weighted by molar-refractivity contribution is 6.31. The maximum Gasteiger partial charge on any atom is 0.227 e. The summed E-state index contributed by atoms with van der Waals surface area (Å²) in [5.41, 5.74) is 2.35. The molecule has 25 heavy (non-hydrogen) atoms. The van der Waals surface area contributed by atoms with Gasteiger partial charge in [-0.05, 0) is 11.6 Å². The molecule has 128 valence electrons. The van der Waals surface area contributed by atoms with Crippen LogP contribution in [0.3, 0.4) is 0 Å². The molecule has 2 aromatic heterocycles. The molecule has 1 aromatic carbocycles. The Labute approximate surface area is 149 Å². The van der Waals surface area contributed by atoms with Crippen LogP contribution in [0.25, 0.3) is 11.2 Å². The second kappa shape index (κ2) is 6.68. The van der Waals surface area contributed by atoms with E-state index in [0.29, 0.717) is 30.2 Å². The summed E-state index contributed by atoms with van der Waals surface area (Å²) in [6, 6.07) is 7.48. The molecule has 0 saturated carbocycles. The normalized spacial score (nSPS) is 14.9. The average Bonchev–Trinajstić information content (AvgIpc) is 3.12. The number of hydrogen-bond donors (Lipinski definition) is 1. The molecule has 0 unspecified atom stereocenters. The number of anilines is 1. The smallest absolute Gasteiger partial charge is 0.227 e. The first-order valence-corrected chi connectivity index (χ1v) is 8.50. The summed E-state index contributed by atoms with van der Waals surface area (Å²) >= 11 is 6.15. The predicted molar refractivity (Wildman–Crippen MR) is 95.6 cm³/mol. The second-order valence-corrected chi connectivity index (χ2v) is 6.34. The Bertz CT molecular complexity index is 903. The van der Waals surface area contributed by atoms with Crippen LogP contribution in [0, 0.1) is 0 Å². The number of halogens is 1. The molecule has 0 spiro atoms. The van der Waals surface area contributed by atoms with Crippen molar-refractivity contribution in [1.82, 2.24) is 24.8 Å². The van der Waals surface area contributed by atoms with Gasteiger partial charge in [0.2, 0.25) is 5.91 Å². The van der Waals surface area contributed by atoms with Crippen LogP contribution in [0.4, 0.5) is 5.82 Å². The number of piperazine rings is 1. The highest BCUT2D eigenvalue weighted by Gasteiger charge is 2.24. The molecule has 4 rings (SSSR count). The minimum Gasteiger partial charge on any atom is -0.351 e. The van der Waals surface area contributed by atoms with Gasteiger partial charge in [0, 0.05) is 31.2 Å². The third kappa shape index (κ3) is 3.15. The van der Waals surface area contributed by atoms with Crippen molar-refractivity contribution in [2.45, 2.75) is 6.42 Å². The van der Waals surface area contributed by atoms with Crippen LogP contribution in [0.5, 0.6) is 0 Å². The van der Waals surface area contributed by atoms with Crippen molar-refractivity contribution in [2.24, 2.45) is 0 Å². The van der Waals surface area contributed by atoms with E-state index in [-0.39, 0.29) is 5.91 Å². The largest absolute Gasteiger partial charge is 0.351 e. The number of H-pyrrole nitrogens is 1. The number of carbonyl (C=O) groups is 1. The third-order valence-electron chi connectivity index (χ3n) is 4.43. The van der Waals surface area contributed by atoms with Crippen LogP contribution < -0.4 is 4.90 Å². The van der Waals surface area contributed by atoms with Crippen LogP contribution in [-0.2, 0) is 11.2 Å². The summed E-state index contributed by atoms with van der Waals surface area (Å²) in [5.74, 6) is 0.933. The summed E-state index contributed by atoms with van der Waals surface area (Å²) in [7, 11) is 0. The molecular weight excluding hydrogens is 340 g/mol. The van der Waals surface area contributed by atoms with Crippen molar-refractivity contribution < 1.29 is 4.79 Å². The van der Waals surface area contributed by atoms with E-state index in [1.165, 1.54) is 6.33 Å². The average molecular weight is 357 g/mol. The minimum atomic E-state index is 0.0992. The first kappa shape index (κ1) is 15.8. The Hall–Kier alpha value is -2.67. The van der Waals surface area contributed by atoms with Gasteiger partial charge in [0.1, 0.15) is 11.8 Å². The van der Waals surface area contributed by atoms with E-state index >= 15 is 0 Å². The van der Waals surface area contributed by atoms with Crippen LogP contribution in [0.15, 0.2) is 36.9 Å². The fourth-order valence-electron chi connectivity index (χ4n) is 3.08. The number of hydrogen-bond acceptors (Lipinski definition) is 5. The number of nitrogens with one attached hydrogen (secondary N) is 1. The van der Waals surface area contributed by atoms with Crippen molar-refractivity contribution in [3.8, 4) is 0 Å². The number of fused-ring (bicyclic) bond motifs is 1. The Morgan fingerprint density at radius 2 is 1.92 bits per heavy atom. The first-order valence-electron chi connectivity index (χ1n) is 8.12. The third-order valence-corrected chi connectivity index (χ3v) is 4.80. The lowest BCUT2D eigenvalue weighted by Gasteiger charge is -2.35. The van der Waals surface area contributed by atoms with Gasteiger partial charge in [-0.25, -0.2) is 15.0 Å². The molecule has 1 aliphatic rings. The summed E-state index contributed by atoms with van der Waals surface area (Å²) < 4.78 is 0. The van der Waals surface area contributed by atoms with Crippen molar-refractivity contribution >= 4 is 34.5 Å². The summed E-state index contributed by atoms with van der Waals surface area (Å²) in [4.78, 5) is 32.3. The van der Waals surface area contributed by atoms with Crippen LogP contribution in [0.2, 0.25) is 5.02 Å². The van der Waals surface area contributed by atoms with Gasteiger partial charge < -0.3 is 14.8 Å². The number of rotatable bonds is 3. The highest BCUT2D eigenvalue weighted by Crippen LogP contribution is 2.21. The number of benzene rings is 1. The molecular formula is C17H17ClN6O. The van der Waals surface area contributed by atoms with Crippen LogP contribution in [0.1, 0.15) is 5.56 Å². The van der Waals surface area contributed by atoms with E-state index in [1.807, 2.05) is 29.2 Å². The van der Waals surface area contributed by atoms with Crippen molar-refractivity contribution in [2.75, 3.05) is 31.1 Å².